The minimum atomic E-state index is -2.35. The van der Waals surface area contributed by atoms with Gasteiger partial charge in [-0.15, -0.1) is 0 Å². The van der Waals surface area contributed by atoms with Crippen LogP contribution in [0.15, 0.2) is 91.0 Å². The Kier molecular flexibility index (Phi) is 5.65. The van der Waals surface area contributed by atoms with Crippen LogP contribution in [0.5, 0.6) is 0 Å². The molecule has 25 heavy (non-hydrogen) atoms. The monoisotopic (exact) mass is 348 g/mol. The van der Waals surface area contributed by atoms with Crippen LogP contribution >= 0.6 is 6.89 Å². The minimum absolute atomic E-state index is 0.461. The van der Waals surface area contributed by atoms with Gasteiger partial charge in [-0.2, -0.15) is 0 Å². The predicted molar refractivity (Wildman–Crippen MR) is 108 cm³/mol. The number of ether oxygens (including phenoxy) is 1. The second-order valence-electron chi connectivity index (χ2n) is 5.57. The van der Waals surface area contributed by atoms with Gasteiger partial charge in [0.2, 0.25) is 0 Å². The van der Waals surface area contributed by atoms with Gasteiger partial charge in [0, 0.05) is 6.89 Å². The molecule has 3 aromatic carbocycles. The molecular weight excluding hydrogens is 327 g/mol. The Morgan fingerprint density at radius 2 is 1.12 bits per heavy atom. The van der Waals surface area contributed by atoms with E-state index >= 15 is 0 Å². The summed E-state index contributed by atoms with van der Waals surface area (Å²) in [5, 5.41) is 3.34. The quantitative estimate of drug-likeness (QED) is 0.504. The first-order valence-corrected chi connectivity index (χ1v) is 10.1. The summed E-state index contributed by atoms with van der Waals surface area (Å²) >= 11 is 0. The van der Waals surface area contributed by atoms with Gasteiger partial charge in [0.1, 0.15) is 5.48 Å². The Bertz CT molecular complexity index is 768. The van der Waals surface area contributed by atoms with Gasteiger partial charge in [0.15, 0.2) is 6.29 Å². The largest absolute Gasteiger partial charge is 0.342 e. The molecule has 0 radical (unpaired) electrons. The Morgan fingerprint density at radius 1 is 0.760 bits per heavy atom. The van der Waals surface area contributed by atoms with Crippen LogP contribution in [0.4, 0.5) is 0 Å². The second-order valence-corrected chi connectivity index (χ2v) is 8.90. The molecule has 0 atom stereocenters. The van der Waals surface area contributed by atoms with Crippen molar-refractivity contribution >= 4 is 34.6 Å². The zero-order chi connectivity index (χ0) is 17.5. The fraction of sp³-hybridized carbons (Fsp3) is 0.0909. The van der Waals surface area contributed by atoms with Gasteiger partial charge in [0.25, 0.3) is 0 Å². The van der Waals surface area contributed by atoms with Crippen molar-refractivity contribution in [2.75, 3.05) is 6.61 Å². The van der Waals surface area contributed by atoms with E-state index in [1.807, 2.05) is 61.5 Å². The third-order valence-electron chi connectivity index (χ3n) is 4.15. The first-order valence-electron chi connectivity index (χ1n) is 8.35. The maximum Gasteiger partial charge on any atom is 0.173 e. The third-order valence-corrected chi connectivity index (χ3v) is 8.27. The van der Waals surface area contributed by atoms with Crippen molar-refractivity contribution in [3.63, 3.8) is 0 Å². The molecule has 2 nitrogen and oxygen atoms in total. The van der Waals surface area contributed by atoms with E-state index in [9.17, 15) is 4.79 Å². The molecule has 126 valence electrons. The van der Waals surface area contributed by atoms with Gasteiger partial charge >= 0.3 is 0 Å². The van der Waals surface area contributed by atoms with Crippen molar-refractivity contribution < 1.29 is 9.53 Å². The second kappa shape index (κ2) is 8.11. The van der Waals surface area contributed by atoms with Crippen molar-refractivity contribution in [3.8, 4) is 0 Å². The average molecular weight is 348 g/mol. The molecule has 3 aromatic rings. The average Bonchev–Trinajstić information content (AvgIpc) is 2.70. The molecule has 0 saturated carbocycles. The minimum Gasteiger partial charge on any atom is -0.342 e. The summed E-state index contributed by atoms with van der Waals surface area (Å²) < 4.78 is 5.92. The number of benzene rings is 3. The lowest BCUT2D eigenvalue weighted by Gasteiger charge is -2.30. The smallest absolute Gasteiger partial charge is 0.173 e. The highest BCUT2D eigenvalue weighted by Crippen LogP contribution is 2.45. The van der Waals surface area contributed by atoms with Crippen LogP contribution in [0, 0.1) is 0 Å². The Balaban J connectivity index is 2.51. The number of hydrogen-bond donors (Lipinski definition) is 0. The first kappa shape index (κ1) is 17.4. The SMILES string of the molecule is CCOC(C=O)=P(c1ccccc1)(c1ccccc1)c1ccccc1. The molecule has 0 amide bonds. The van der Waals surface area contributed by atoms with Crippen molar-refractivity contribution in [3.05, 3.63) is 91.0 Å². The van der Waals surface area contributed by atoms with E-state index in [4.69, 9.17) is 4.74 Å². The van der Waals surface area contributed by atoms with Gasteiger partial charge in [0.05, 0.1) is 6.61 Å². The number of rotatable bonds is 6. The summed E-state index contributed by atoms with van der Waals surface area (Å²) in [7, 11) is 0. The lowest BCUT2D eigenvalue weighted by molar-refractivity contribution is -0.103. The first-order chi connectivity index (χ1) is 12.3. The maximum absolute atomic E-state index is 12.1. The maximum atomic E-state index is 12.1. The van der Waals surface area contributed by atoms with Crippen molar-refractivity contribution in [2.24, 2.45) is 0 Å². The summed E-state index contributed by atoms with van der Waals surface area (Å²) in [5.41, 5.74) is 0.513. The van der Waals surface area contributed by atoms with Gasteiger partial charge in [-0.25, -0.2) is 0 Å². The van der Waals surface area contributed by atoms with Crippen LogP contribution in [0.2, 0.25) is 0 Å². The van der Waals surface area contributed by atoms with Gasteiger partial charge in [-0.05, 0) is 22.8 Å². The normalized spacial score (nSPS) is 11.1. The lowest BCUT2D eigenvalue weighted by atomic mass is 10.4. The zero-order valence-electron chi connectivity index (χ0n) is 14.2. The van der Waals surface area contributed by atoms with Crippen LogP contribution in [0.25, 0.3) is 0 Å². The standard InChI is InChI=1S/C22H21O2P/c1-2-24-22(18-23)25(19-12-6-3-7-13-19,20-14-8-4-9-15-20)21-16-10-5-11-17-21/h3-18H,2H2,1H3. The van der Waals surface area contributed by atoms with Crippen molar-refractivity contribution in [1.82, 2.24) is 0 Å². The van der Waals surface area contributed by atoms with Crippen LogP contribution in [-0.4, -0.2) is 18.4 Å². The highest BCUT2D eigenvalue weighted by molar-refractivity contribution is 7.96. The highest BCUT2D eigenvalue weighted by Gasteiger charge is 2.30. The van der Waals surface area contributed by atoms with Gasteiger partial charge in [-0.3, -0.25) is 4.79 Å². The lowest BCUT2D eigenvalue weighted by Crippen LogP contribution is -2.32. The fourth-order valence-corrected chi connectivity index (χ4v) is 7.14. The number of aldehydes is 1. The van der Waals surface area contributed by atoms with E-state index in [-0.39, 0.29) is 0 Å². The molecule has 0 bridgehead atoms. The molecule has 0 fully saturated rings. The molecule has 0 aliphatic heterocycles. The van der Waals surface area contributed by atoms with Crippen LogP contribution in [0.1, 0.15) is 6.92 Å². The molecule has 3 rings (SSSR count). The molecule has 3 heteroatoms. The molecule has 0 aliphatic rings. The van der Waals surface area contributed by atoms with E-state index in [1.54, 1.807) is 0 Å². The summed E-state index contributed by atoms with van der Waals surface area (Å²) in [5.74, 6) is 0. The zero-order valence-corrected chi connectivity index (χ0v) is 15.1. The molecule has 0 spiro atoms. The molecule has 0 heterocycles. The van der Waals surface area contributed by atoms with E-state index < -0.39 is 6.89 Å². The third kappa shape index (κ3) is 3.24. The Morgan fingerprint density at radius 3 is 1.40 bits per heavy atom. The topological polar surface area (TPSA) is 26.3 Å². The summed E-state index contributed by atoms with van der Waals surface area (Å²) in [6.45, 7) is 0.0229. The Labute approximate surface area is 149 Å². The predicted octanol–water partition coefficient (Wildman–Crippen LogP) is 3.35. The molecular formula is C22H21O2P. The highest BCUT2D eigenvalue weighted by atomic mass is 31.2. The van der Waals surface area contributed by atoms with Crippen LogP contribution < -0.4 is 15.9 Å². The van der Waals surface area contributed by atoms with E-state index in [0.29, 0.717) is 12.1 Å². The fourth-order valence-electron chi connectivity index (χ4n) is 3.14. The Hall–Kier alpha value is -2.41. The molecule has 0 aromatic heterocycles. The molecule has 0 unspecified atom stereocenters. The summed E-state index contributed by atoms with van der Waals surface area (Å²) in [6.07, 6.45) is 0.893. The molecule has 0 N–H and O–H groups in total. The number of carbonyl (C=O) groups is 1. The van der Waals surface area contributed by atoms with Crippen molar-refractivity contribution in [1.29, 1.82) is 0 Å². The van der Waals surface area contributed by atoms with E-state index in [2.05, 4.69) is 36.4 Å². The van der Waals surface area contributed by atoms with E-state index in [0.717, 1.165) is 22.2 Å². The van der Waals surface area contributed by atoms with E-state index in [1.165, 1.54) is 0 Å². The number of carbonyl (C=O) groups excluding carboxylic acids is 1. The van der Waals surface area contributed by atoms with Gasteiger partial charge in [-0.1, -0.05) is 91.0 Å². The molecule has 0 saturated heterocycles. The van der Waals surface area contributed by atoms with Gasteiger partial charge < -0.3 is 4.74 Å². The van der Waals surface area contributed by atoms with Crippen LogP contribution in [-0.2, 0) is 9.53 Å². The van der Waals surface area contributed by atoms with Crippen molar-refractivity contribution in [2.45, 2.75) is 6.92 Å². The summed E-state index contributed by atoms with van der Waals surface area (Å²) in [4.78, 5) is 12.1. The number of hydrogen-bond acceptors (Lipinski definition) is 2. The van der Waals surface area contributed by atoms with Crippen LogP contribution in [0.3, 0.4) is 0 Å². The summed E-state index contributed by atoms with van der Waals surface area (Å²) in [6, 6.07) is 30.7. The molecule has 0 aliphatic carbocycles.